The van der Waals surface area contributed by atoms with Crippen molar-refractivity contribution in [2.45, 2.75) is 13.5 Å². The molecule has 0 radical (unpaired) electrons. The molecule has 0 bridgehead atoms. The predicted octanol–water partition coefficient (Wildman–Crippen LogP) is 3.04. The number of hydrogen-bond acceptors (Lipinski definition) is 6. The molecule has 0 saturated heterocycles. The molecule has 0 fully saturated rings. The van der Waals surface area contributed by atoms with Crippen molar-refractivity contribution in [3.63, 3.8) is 0 Å². The van der Waals surface area contributed by atoms with E-state index < -0.39 is 0 Å². The van der Waals surface area contributed by atoms with Gasteiger partial charge in [-0.1, -0.05) is 30.3 Å². The second-order valence-corrected chi connectivity index (χ2v) is 5.46. The fourth-order valence-electron chi connectivity index (χ4n) is 2.59. The SMILES string of the molecule is CCOc1ccccc1CNc1nc(NCCO)c2ccccc2n1. The van der Waals surface area contributed by atoms with Crippen LogP contribution in [0.4, 0.5) is 11.8 Å². The quantitative estimate of drug-likeness (QED) is 0.586. The third-order valence-corrected chi connectivity index (χ3v) is 3.72. The number of fused-ring (bicyclic) bond motifs is 1. The summed E-state index contributed by atoms with van der Waals surface area (Å²) in [5.41, 5.74) is 1.89. The lowest BCUT2D eigenvalue weighted by atomic mass is 10.2. The summed E-state index contributed by atoms with van der Waals surface area (Å²) < 4.78 is 5.65. The molecule has 0 aliphatic carbocycles. The van der Waals surface area contributed by atoms with E-state index in [0.717, 1.165) is 22.2 Å². The molecule has 1 heterocycles. The number of nitrogens with zero attached hydrogens (tertiary/aromatic N) is 2. The molecule has 0 aliphatic rings. The number of ether oxygens (including phenoxy) is 1. The second-order valence-electron chi connectivity index (χ2n) is 5.46. The zero-order valence-corrected chi connectivity index (χ0v) is 14.2. The Balaban J connectivity index is 1.84. The van der Waals surface area contributed by atoms with Gasteiger partial charge in [0.25, 0.3) is 0 Å². The molecule has 3 aromatic rings. The maximum Gasteiger partial charge on any atom is 0.225 e. The van der Waals surface area contributed by atoms with Gasteiger partial charge in [-0.25, -0.2) is 4.98 Å². The van der Waals surface area contributed by atoms with Crippen LogP contribution >= 0.6 is 0 Å². The van der Waals surface area contributed by atoms with E-state index in [9.17, 15) is 0 Å². The van der Waals surface area contributed by atoms with Gasteiger partial charge in [0, 0.05) is 24.0 Å². The second kappa shape index (κ2) is 8.30. The first kappa shape index (κ1) is 17.0. The van der Waals surface area contributed by atoms with Gasteiger partial charge in [0.2, 0.25) is 5.95 Å². The van der Waals surface area contributed by atoms with Crippen molar-refractivity contribution in [3.8, 4) is 5.75 Å². The van der Waals surface area contributed by atoms with E-state index in [1.807, 2.05) is 55.5 Å². The zero-order chi connectivity index (χ0) is 17.5. The fraction of sp³-hybridized carbons (Fsp3) is 0.263. The summed E-state index contributed by atoms with van der Waals surface area (Å²) in [6.07, 6.45) is 0. The molecule has 3 rings (SSSR count). The maximum absolute atomic E-state index is 9.07. The average molecular weight is 338 g/mol. The summed E-state index contributed by atoms with van der Waals surface area (Å²) in [5, 5.41) is 16.4. The highest BCUT2D eigenvalue weighted by atomic mass is 16.5. The molecule has 0 amide bonds. The van der Waals surface area contributed by atoms with E-state index in [1.54, 1.807) is 0 Å². The molecule has 0 spiro atoms. The van der Waals surface area contributed by atoms with E-state index >= 15 is 0 Å². The highest BCUT2D eigenvalue weighted by Crippen LogP contribution is 2.23. The summed E-state index contributed by atoms with van der Waals surface area (Å²) in [6.45, 7) is 3.64. The summed E-state index contributed by atoms with van der Waals surface area (Å²) in [6, 6.07) is 15.7. The number of aliphatic hydroxyl groups is 1. The molecule has 6 heteroatoms. The summed E-state index contributed by atoms with van der Waals surface area (Å²) in [5.74, 6) is 2.10. The third kappa shape index (κ3) is 4.16. The van der Waals surface area contributed by atoms with Crippen molar-refractivity contribution >= 4 is 22.7 Å². The lowest BCUT2D eigenvalue weighted by molar-refractivity contribution is 0.311. The zero-order valence-electron chi connectivity index (χ0n) is 14.2. The smallest absolute Gasteiger partial charge is 0.225 e. The van der Waals surface area contributed by atoms with Gasteiger partial charge in [-0.05, 0) is 25.1 Å². The number of hydrogen-bond donors (Lipinski definition) is 3. The normalized spacial score (nSPS) is 10.6. The summed E-state index contributed by atoms with van der Waals surface area (Å²) in [4.78, 5) is 9.11. The van der Waals surface area contributed by atoms with E-state index in [1.165, 1.54) is 0 Å². The molecular formula is C19H22N4O2. The van der Waals surface area contributed by atoms with E-state index in [-0.39, 0.29) is 6.61 Å². The van der Waals surface area contributed by atoms with Gasteiger partial charge in [0.15, 0.2) is 0 Å². The van der Waals surface area contributed by atoms with Crippen molar-refractivity contribution in [3.05, 3.63) is 54.1 Å². The number of rotatable bonds is 8. The van der Waals surface area contributed by atoms with Gasteiger partial charge >= 0.3 is 0 Å². The Labute approximate surface area is 146 Å². The van der Waals surface area contributed by atoms with Gasteiger partial charge in [0.1, 0.15) is 11.6 Å². The van der Waals surface area contributed by atoms with Crippen molar-refractivity contribution in [2.75, 3.05) is 30.4 Å². The molecule has 25 heavy (non-hydrogen) atoms. The Kier molecular flexibility index (Phi) is 5.64. The largest absolute Gasteiger partial charge is 0.494 e. The van der Waals surface area contributed by atoms with Gasteiger partial charge in [-0.2, -0.15) is 4.98 Å². The van der Waals surface area contributed by atoms with Crippen LogP contribution in [-0.4, -0.2) is 34.8 Å². The van der Waals surface area contributed by atoms with Crippen LogP contribution in [0.25, 0.3) is 10.9 Å². The van der Waals surface area contributed by atoms with E-state index in [4.69, 9.17) is 9.84 Å². The van der Waals surface area contributed by atoms with Crippen LogP contribution in [0.5, 0.6) is 5.75 Å². The van der Waals surface area contributed by atoms with Gasteiger partial charge in [0.05, 0.1) is 18.7 Å². The van der Waals surface area contributed by atoms with Crippen molar-refractivity contribution < 1.29 is 9.84 Å². The Bertz CT molecular complexity index is 839. The molecule has 2 aromatic carbocycles. The highest BCUT2D eigenvalue weighted by molar-refractivity contribution is 5.90. The first-order valence-corrected chi connectivity index (χ1v) is 8.38. The molecule has 6 nitrogen and oxygen atoms in total. The van der Waals surface area contributed by atoms with E-state index in [2.05, 4.69) is 20.6 Å². The molecule has 0 atom stereocenters. The van der Waals surface area contributed by atoms with E-state index in [0.29, 0.717) is 31.5 Å². The van der Waals surface area contributed by atoms with Crippen molar-refractivity contribution in [1.82, 2.24) is 9.97 Å². The van der Waals surface area contributed by atoms with Crippen LogP contribution in [-0.2, 0) is 6.54 Å². The molecule has 1 aromatic heterocycles. The summed E-state index contributed by atoms with van der Waals surface area (Å²) >= 11 is 0. The lowest BCUT2D eigenvalue weighted by Crippen LogP contribution is -2.11. The number of aliphatic hydroxyl groups excluding tert-OH is 1. The first-order valence-electron chi connectivity index (χ1n) is 8.38. The van der Waals surface area contributed by atoms with Crippen molar-refractivity contribution in [2.24, 2.45) is 0 Å². The molecule has 130 valence electrons. The van der Waals surface area contributed by atoms with Crippen molar-refractivity contribution in [1.29, 1.82) is 0 Å². The third-order valence-electron chi connectivity index (χ3n) is 3.72. The van der Waals surface area contributed by atoms with Gasteiger partial charge in [-0.3, -0.25) is 0 Å². The Morgan fingerprint density at radius 2 is 1.80 bits per heavy atom. The van der Waals surface area contributed by atoms with Crippen LogP contribution in [0.2, 0.25) is 0 Å². The summed E-state index contributed by atoms with van der Waals surface area (Å²) in [7, 11) is 0. The first-order chi connectivity index (χ1) is 12.3. The average Bonchev–Trinajstić information content (AvgIpc) is 2.65. The topological polar surface area (TPSA) is 79.3 Å². The number of para-hydroxylation sites is 2. The molecular weight excluding hydrogens is 316 g/mol. The van der Waals surface area contributed by atoms with Gasteiger partial charge < -0.3 is 20.5 Å². The predicted molar refractivity (Wildman–Crippen MR) is 100 cm³/mol. The Morgan fingerprint density at radius 3 is 2.64 bits per heavy atom. The van der Waals surface area contributed by atoms with Crippen LogP contribution in [0.3, 0.4) is 0 Å². The number of benzene rings is 2. The van der Waals surface area contributed by atoms with Gasteiger partial charge in [-0.15, -0.1) is 0 Å². The number of nitrogens with one attached hydrogen (secondary N) is 2. The molecule has 3 N–H and O–H groups in total. The standard InChI is InChI=1S/C19H22N4O2/c1-2-25-17-10-6-3-7-14(17)13-21-19-22-16-9-5-4-8-15(16)18(23-19)20-11-12-24/h3-10,24H,2,11-13H2,1H3,(H2,20,21,22,23). The molecule has 0 unspecified atom stereocenters. The maximum atomic E-state index is 9.07. The fourth-order valence-corrected chi connectivity index (χ4v) is 2.59. The molecule has 0 saturated carbocycles. The Morgan fingerprint density at radius 1 is 1.00 bits per heavy atom. The Hall–Kier alpha value is -2.86. The molecule has 0 aliphatic heterocycles. The number of anilines is 2. The van der Waals surface area contributed by atoms with Crippen LogP contribution < -0.4 is 15.4 Å². The minimum atomic E-state index is 0.0445. The highest BCUT2D eigenvalue weighted by Gasteiger charge is 2.08. The van der Waals surface area contributed by atoms with Crippen LogP contribution in [0.15, 0.2) is 48.5 Å². The lowest BCUT2D eigenvalue weighted by Gasteiger charge is -2.13. The minimum Gasteiger partial charge on any atom is -0.494 e. The monoisotopic (exact) mass is 338 g/mol. The number of aromatic nitrogens is 2. The van der Waals surface area contributed by atoms with Crippen LogP contribution in [0, 0.1) is 0 Å². The van der Waals surface area contributed by atoms with Crippen LogP contribution in [0.1, 0.15) is 12.5 Å². The minimum absolute atomic E-state index is 0.0445.